The minimum atomic E-state index is -0.00708. The average Bonchev–Trinajstić information content (AvgIpc) is 3.01. The van der Waals surface area contributed by atoms with E-state index in [0.717, 1.165) is 32.3 Å². The first-order chi connectivity index (χ1) is 7.83. The zero-order valence-corrected chi connectivity index (χ0v) is 9.43. The second-order valence-corrected chi connectivity index (χ2v) is 5.15. The zero-order chi connectivity index (χ0) is 11.0. The van der Waals surface area contributed by atoms with Crippen molar-refractivity contribution in [3.8, 4) is 0 Å². The van der Waals surface area contributed by atoms with Crippen molar-refractivity contribution in [3.63, 3.8) is 0 Å². The van der Waals surface area contributed by atoms with Gasteiger partial charge < -0.3 is 9.47 Å². The molecule has 1 aliphatic heterocycles. The van der Waals surface area contributed by atoms with Crippen molar-refractivity contribution in [1.82, 2.24) is 0 Å². The van der Waals surface area contributed by atoms with E-state index in [1.165, 1.54) is 0 Å². The molecular formula is C13H18O3. The first-order valence-electron chi connectivity index (χ1n) is 6.29. The Labute approximate surface area is 95.8 Å². The van der Waals surface area contributed by atoms with E-state index in [2.05, 4.69) is 12.2 Å². The Hall–Kier alpha value is -0.830. The van der Waals surface area contributed by atoms with Gasteiger partial charge in [-0.05, 0) is 37.5 Å². The lowest BCUT2D eigenvalue weighted by molar-refractivity contribution is -0.152. The van der Waals surface area contributed by atoms with Gasteiger partial charge in [0, 0.05) is 6.61 Å². The molecule has 0 aromatic carbocycles. The Balaban J connectivity index is 1.48. The summed E-state index contributed by atoms with van der Waals surface area (Å²) in [5.74, 6) is 1.19. The predicted molar refractivity (Wildman–Crippen MR) is 58.8 cm³/mol. The fraction of sp³-hybridized carbons (Fsp3) is 0.769. The molecule has 0 spiro atoms. The molecule has 3 rings (SSSR count). The summed E-state index contributed by atoms with van der Waals surface area (Å²) in [5.41, 5.74) is 0. The normalized spacial score (nSPS) is 40.5. The smallest absolute Gasteiger partial charge is 0.309 e. The summed E-state index contributed by atoms with van der Waals surface area (Å²) < 4.78 is 10.8. The van der Waals surface area contributed by atoms with E-state index < -0.39 is 0 Å². The SMILES string of the molecule is O=C(OCC1CCCO1)C1C[C@H]2C=C[C@@H]1C2. The summed E-state index contributed by atoms with van der Waals surface area (Å²) in [6.45, 7) is 1.27. The number of allylic oxidation sites excluding steroid dienone is 2. The minimum absolute atomic E-state index is 0.00708. The largest absolute Gasteiger partial charge is 0.463 e. The van der Waals surface area contributed by atoms with Crippen LogP contribution in [0.3, 0.4) is 0 Å². The van der Waals surface area contributed by atoms with Crippen molar-refractivity contribution in [1.29, 1.82) is 0 Å². The number of carbonyl (C=O) groups is 1. The lowest BCUT2D eigenvalue weighted by Gasteiger charge is -2.18. The Morgan fingerprint density at radius 2 is 2.31 bits per heavy atom. The number of ether oxygens (including phenoxy) is 2. The summed E-state index contributed by atoms with van der Waals surface area (Å²) in [7, 11) is 0. The second-order valence-electron chi connectivity index (χ2n) is 5.15. The van der Waals surface area contributed by atoms with Gasteiger partial charge in [0.1, 0.15) is 6.61 Å². The molecule has 2 unspecified atom stereocenters. The Morgan fingerprint density at radius 1 is 1.38 bits per heavy atom. The van der Waals surface area contributed by atoms with Crippen LogP contribution >= 0.6 is 0 Å². The molecular weight excluding hydrogens is 204 g/mol. The maximum absolute atomic E-state index is 11.9. The van der Waals surface area contributed by atoms with Gasteiger partial charge in [-0.3, -0.25) is 4.79 Å². The molecule has 2 fully saturated rings. The van der Waals surface area contributed by atoms with Crippen molar-refractivity contribution in [2.24, 2.45) is 17.8 Å². The summed E-state index contributed by atoms with van der Waals surface area (Å²) in [6.07, 6.45) is 8.85. The van der Waals surface area contributed by atoms with Crippen molar-refractivity contribution < 1.29 is 14.3 Å². The lowest BCUT2D eigenvalue weighted by Crippen LogP contribution is -2.25. The van der Waals surface area contributed by atoms with Gasteiger partial charge in [-0.2, -0.15) is 0 Å². The first kappa shape index (κ1) is 10.3. The highest BCUT2D eigenvalue weighted by molar-refractivity contribution is 5.74. The number of esters is 1. The Kier molecular flexibility index (Phi) is 2.72. The van der Waals surface area contributed by atoms with Crippen LogP contribution in [0.4, 0.5) is 0 Å². The van der Waals surface area contributed by atoms with E-state index >= 15 is 0 Å². The highest BCUT2D eigenvalue weighted by atomic mass is 16.6. The van der Waals surface area contributed by atoms with Gasteiger partial charge >= 0.3 is 5.97 Å². The van der Waals surface area contributed by atoms with Gasteiger partial charge in [-0.25, -0.2) is 0 Å². The van der Waals surface area contributed by atoms with E-state index in [-0.39, 0.29) is 18.0 Å². The molecule has 0 N–H and O–H groups in total. The van der Waals surface area contributed by atoms with Crippen LogP contribution in [-0.2, 0) is 14.3 Å². The topological polar surface area (TPSA) is 35.5 Å². The monoisotopic (exact) mass is 222 g/mol. The molecule has 4 atom stereocenters. The van der Waals surface area contributed by atoms with E-state index in [9.17, 15) is 4.79 Å². The molecule has 3 nitrogen and oxygen atoms in total. The standard InChI is InChI=1S/C13H18O3/c14-13(16-8-11-2-1-5-15-11)12-7-9-3-4-10(12)6-9/h3-4,9-12H,1-2,5-8H2/t9-,10+,11?,12?/m0/s1. The molecule has 0 radical (unpaired) electrons. The molecule has 0 amide bonds. The first-order valence-corrected chi connectivity index (χ1v) is 6.29. The summed E-state index contributed by atoms with van der Waals surface area (Å²) >= 11 is 0. The van der Waals surface area contributed by atoms with Crippen LogP contribution < -0.4 is 0 Å². The van der Waals surface area contributed by atoms with E-state index in [1.54, 1.807) is 0 Å². The van der Waals surface area contributed by atoms with Crippen LogP contribution in [0, 0.1) is 17.8 Å². The highest BCUT2D eigenvalue weighted by Gasteiger charge is 2.40. The number of rotatable bonds is 3. The highest BCUT2D eigenvalue weighted by Crippen LogP contribution is 2.43. The van der Waals surface area contributed by atoms with Gasteiger partial charge in [-0.15, -0.1) is 0 Å². The van der Waals surface area contributed by atoms with Crippen LogP contribution in [0.5, 0.6) is 0 Å². The summed E-state index contributed by atoms with van der Waals surface area (Å²) in [6, 6.07) is 0. The number of hydrogen-bond acceptors (Lipinski definition) is 3. The molecule has 0 aromatic heterocycles. The minimum Gasteiger partial charge on any atom is -0.463 e. The van der Waals surface area contributed by atoms with Crippen LogP contribution in [0.25, 0.3) is 0 Å². The summed E-state index contributed by atoms with van der Waals surface area (Å²) in [5, 5.41) is 0. The molecule has 1 saturated carbocycles. The molecule has 1 heterocycles. The van der Waals surface area contributed by atoms with Gasteiger partial charge in [0.25, 0.3) is 0 Å². The fourth-order valence-corrected chi connectivity index (χ4v) is 3.11. The number of carbonyl (C=O) groups excluding carboxylic acids is 1. The maximum Gasteiger partial charge on any atom is 0.309 e. The third-order valence-electron chi connectivity index (χ3n) is 4.02. The van der Waals surface area contributed by atoms with Crippen LogP contribution in [0.1, 0.15) is 25.7 Å². The quantitative estimate of drug-likeness (QED) is 0.540. The number of fused-ring (bicyclic) bond motifs is 2. The fourth-order valence-electron chi connectivity index (χ4n) is 3.11. The van der Waals surface area contributed by atoms with E-state index in [1.807, 2.05) is 0 Å². The van der Waals surface area contributed by atoms with E-state index in [0.29, 0.717) is 18.4 Å². The Morgan fingerprint density at radius 3 is 2.94 bits per heavy atom. The van der Waals surface area contributed by atoms with Gasteiger partial charge in [-0.1, -0.05) is 12.2 Å². The third kappa shape index (κ3) is 1.88. The molecule has 2 aliphatic carbocycles. The molecule has 1 saturated heterocycles. The molecule has 2 bridgehead atoms. The van der Waals surface area contributed by atoms with Crippen molar-refractivity contribution >= 4 is 5.97 Å². The maximum atomic E-state index is 11.9. The van der Waals surface area contributed by atoms with Crippen LogP contribution in [-0.4, -0.2) is 25.3 Å². The van der Waals surface area contributed by atoms with Gasteiger partial charge in [0.05, 0.1) is 12.0 Å². The lowest BCUT2D eigenvalue weighted by atomic mass is 9.94. The summed E-state index contributed by atoms with van der Waals surface area (Å²) in [4.78, 5) is 11.9. The van der Waals surface area contributed by atoms with Crippen molar-refractivity contribution in [3.05, 3.63) is 12.2 Å². The number of hydrogen-bond donors (Lipinski definition) is 0. The molecule has 3 heteroatoms. The van der Waals surface area contributed by atoms with Crippen LogP contribution in [0.2, 0.25) is 0 Å². The van der Waals surface area contributed by atoms with E-state index in [4.69, 9.17) is 9.47 Å². The molecule has 88 valence electrons. The van der Waals surface area contributed by atoms with Gasteiger partial charge in [0.15, 0.2) is 0 Å². The van der Waals surface area contributed by atoms with Crippen molar-refractivity contribution in [2.75, 3.05) is 13.2 Å². The molecule has 16 heavy (non-hydrogen) atoms. The predicted octanol–water partition coefficient (Wildman–Crippen LogP) is 1.92. The molecule has 0 aromatic rings. The Bertz CT molecular complexity index is 304. The van der Waals surface area contributed by atoms with Crippen molar-refractivity contribution in [2.45, 2.75) is 31.8 Å². The average molecular weight is 222 g/mol. The van der Waals surface area contributed by atoms with Gasteiger partial charge in [0.2, 0.25) is 0 Å². The van der Waals surface area contributed by atoms with Crippen LogP contribution in [0.15, 0.2) is 12.2 Å². The zero-order valence-electron chi connectivity index (χ0n) is 9.43. The third-order valence-corrected chi connectivity index (χ3v) is 4.02. The second kappa shape index (κ2) is 4.21. The molecule has 3 aliphatic rings.